The maximum absolute atomic E-state index is 10.7. The van der Waals surface area contributed by atoms with Crippen LogP contribution in [0.25, 0.3) is 5.69 Å². The Bertz CT molecular complexity index is 555. The molecule has 0 amide bonds. The van der Waals surface area contributed by atoms with Crippen molar-refractivity contribution in [3.8, 4) is 5.69 Å². The number of carboxylic acids is 1. The molecule has 7 heteroatoms. The van der Waals surface area contributed by atoms with E-state index in [4.69, 9.17) is 5.11 Å². The van der Waals surface area contributed by atoms with Gasteiger partial charge in [-0.05, 0) is 28.5 Å². The van der Waals surface area contributed by atoms with Crippen LogP contribution in [0.3, 0.4) is 0 Å². The number of anilines is 1. The molecule has 0 radical (unpaired) electrons. The minimum absolute atomic E-state index is 0.0495. The van der Waals surface area contributed by atoms with Gasteiger partial charge in [0.1, 0.15) is 0 Å². The van der Waals surface area contributed by atoms with Gasteiger partial charge in [0.05, 0.1) is 5.69 Å². The molecule has 1 heterocycles. The summed E-state index contributed by atoms with van der Waals surface area (Å²) in [5, 5.41) is 23.4. The Morgan fingerprint density at radius 3 is 2.80 bits per heavy atom. The van der Waals surface area contributed by atoms with Crippen LogP contribution in [0.4, 0.5) is 5.95 Å². The highest BCUT2D eigenvalue weighted by atomic mass is 16.4. The van der Waals surface area contributed by atoms with E-state index in [9.17, 15) is 4.79 Å². The molecule has 0 saturated heterocycles. The van der Waals surface area contributed by atoms with Gasteiger partial charge in [0, 0.05) is 13.0 Å². The average Bonchev–Trinajstić information content (AvgIpc) is 2.92. The highest BCUT2D eigenvalue weighted by Crippen LogP contribution is 2.13. The number of aromatic nitrogens is 4. The van der Waals surface area contributed by atoms with Crippen LogP contribution in [0.2, 0.25) is 0 Å². The lowest BCUT2D eigenvalue weighted by molar-refractivity contribution is -0.138. The molecule has 1 aromatic heterocycles. The summed E-state index contributed by atoms with van der Waals surface area (Å²) in [7, 11) is 0. The zero-order chi connectivity index (χ0) is 14.4. The van der Waals surface area contributed by atoms with E-state index in [1.54, 1.807) is 4.68 Å². The van der Waals surface area contributed by atoms with Crippen LogP contribution >= 0.6 is 0 Å². The summed E-state index contributed by atoms with van der Waals surface area (Å²) in [6.45, 7) is 2.49. The van der Waals surface area contributed by atoms with Crippen molar-refractivity contribution < 1.29 is 9.90 Å². The molecule has 2 aromatic rings. The van der Waals surface area contributed by atoms with Gasteiger partial charge in [0.15, 0.2) is 0 Å². The van der Waals surface area contributed by atoms with Crippen LogP contribution in [0, 0.1) is 5.92 Å². The number of aliphatic carboxylic acids is 1. The van der Waals surface area contributed by atoms with Gasteiger partial charge in [-0.1, -0.05) is 36.6 Å². The fraction of sp³-hybridized carbons (Fsp3) is 0.385. The number of carboxylic acid groups (broad SMARTS) is 1. The van der Waals surface area contributed by atoms with Crippen molar-refractivity contribution in [1.29, 1.82) is 0 Å². The highest BCUT2D eigenvalue weighted by Gasteiger charge is 2.13. The number of rotatable bonds is 7. The topological polar surface area (TPSA) is 92.9 Å². The molecule has 2 N–H and O–H groups in total. The molecular weight excluding hydrogens is 258 g/mol. The third-order valence-electron chi connectivity index (χ3n) is 3.06. The summed E-state index contributed by atoms with van der Waals surface area (Å²) in [5.74, 6) is -0.227. The fourth-order valence-corrected chi connectivity index (χ4v) is 1.88. The van der Waals surface area contributed by atoms with E-state index in [0.29, 0.717) is 12.5 Å². The Morgan fingerprint density at radius 1 is 1.40 bits per heavy atom. The number of nitrogens with zero attached hydrogens (tertiary/aromatic N) is 4. The summed E-state index contributed by atoms with van der Waals surface area (Å²) in [4.78, 5) is 10.7. The predicted molar refractivity (Wildman–Crippen MR) is 73.7 cm³/mol. The molecule has 1 unspecified atom stereocenters. The zero-order valence-electron chi connectivity index (χ0n) is 11.2. The van der Waals surface area contributed by atoms with Gasteiger partial charge in [-0.3, -0.25) is 4.79 Å². The number of hydrogen-bond donors (Lipinski definition) is 2. The first-order valence-electron chi connectivity index (χ1n) is 6.50. The first-order valence-corrected chi connectivity index (χ1v) is 6.50. The van der Waals surface area contributed by atoms with Gasteiger partial charge in [0.2, 0.25) is 5.95 Å². The molecule has 0 bridgehead atoms. The average molecular weight is 275 g/mol. The van der Waals surface area contributed by atoms with Crippen molar-refractivity contribution in [3.05, 3.63) is 30.3 Å². The monoisotopic (exact) mass is 275 g/mol. The minimum atomic E-state index is -0.790. The number of hydrogen-bond acceptors (Lipinski definition) is 5. The third kappa shape index (κ3) is 3.53. The molecule has 0 aliphatic carbocycles. The fourth-order valence-electron chi connectivity index (χ4n) is 1.88. The van der Waals surface area contributed by atoms with Gasteiger partial charge < -0.3 is 10.4 Å². The van der Waals surface area contributed by atoms with Crippen LogP contribution in [-0.4, -0.2) is 37.8 Å². The SMILES string of the molecule is CCC(CNc1nnnn1-c1ccccc1)CC(=O)O. The van der Waals surface area contributed by atoms with E-state index < -0.39 is 5.97 Å². The van der Waals surface area contributed by atoms with Crippen LogP contribution < -0.4 is 5.32 Å². The van der Waals surface area contributed by atoms with Gasteiger partial charge in [0.25, 0.3) is 0 Å². The molecule has 0 aliphatic heterocycles. The molecule has 0 fully saturated rings. The summed E-state index contributed by atoms with van der Waals surface area (Å²) < 4.78 is 1.59. The molecule has 1 atom stereocenters. The van der Waals surface area contributed by atoms with Gasteiger partial charge in [-0.2, -0.15) is 4.68 Å². The molecule has 0 saturated carbocycles. The van der Waals surface area contributed by atoms with Gasteiger partial charge >= 0.3 is 5.97 Å². The molecule has 7 nitrogen and oxygen atoms in total. The first kappa shape index (κ1) is 14.0. The van der Waals surface area contributed by atoms with E-state index in [1.165, 1.54) is 0 Å². The number of benzene rings is 1. The Kier molecular flexibility index (Phi) is 4.65. The number of para-hydroxylation sites is 1. The summed E-state index contributed by atoms with van der Waals surface area (Å²) in [6.07, 6.45) is 0.919. The van der Waals surface area contributed by atoms with E-state index in [0.717, 1.165) is 12.1 Å². The zero-order valence-corrected chi connectivity index (χ0v) is 11.2. The minimum Gasteiger partial charge on any atom is -0.481 e. The maximum Gasteiger partial charge on any atom is 0.303 e. The third-order valence-corrected chi connectivity index (χ3v) is 3.06. The summed E-state index contributed by atoms with van der Waals surface area (Å²) >= 11 is 0. The smallest absolute Gasteiger partial charge is 0.303 e. The Hall–Kier alpha value is -2.44. The quantitative estimate of drug-likeness (QED) is 0.796. The Balaban J connectivity index is 2.04. The van der Waals surface area contributed by atoms with E-state index in [-0.39, 0.29) is 12.3 Å². The molecule has 106 valence electrons. The normalized spacial score (nSPS) is 12.1. The molecule has 0 aliphatic rings. The standard InChI is InChI=1S/C13H17N5O2/c1-2-10(8-12(19)20)9-14-13-15-16-17-18(13)11-6-4-3-5-7-11/h3-7,10H,2,8-9H2,1H3,(H,19,20)(H,14,15,17). The van der Waals surface area contributed by atoms with Crippen LogP contribution in [-0.2, 0) is 4.79 Å². The second kappa shape index (κ2) is 6.65. The Morgan fingerprint density at radius 2 is 2.15 bits per heavy atom. The number of carbonyl (C=O) groups is 1. The van der Waals surface area contributed by atoms with E-state index >= 15 is 0 Å². The Labute approximate surface area is 116 Å². The van der Waals surface area contributed by atoms with Gasteiger partial charge in [-0.15, -0.1) is 0 Å². The van der Waals surface area contributed by atoms with Crippen molar-refractivity contribution in [2.24, 2.45) is 5.92 Å². The lowest BCUT2D eigenvalue weighted by Gasteiger charge is -2.13. The lowest BCUT2D eigenvalue weighted by atomic mass is 10.0. The second-order valence-corrected chi connectivity index (χ2v) is 4.50. The van der Waals surface area contributed by atoms with E-state index in [1.807, 2.05) is 37.3 Å². The van der Waals surface area contributed by atoms with Crippen molar-refractivity contribution in [2.45, 2.75) is 19.8 Å². The molecule has 2 rings (SSSR count). The predicted octanol–water partition coefficient (Wildman–Crippen LogP) is 1.58. The van der Waals surface area contributed by atoms with Crippen molar-refractivity contribution in [1.82, 2.24) is 20.2 Å². The van der Waals surface area contributed by atoms with Crippen LogP contribution in [0.1, 0.15) is 19.8 Å². The molecule has 1 aromatic carbocycles. The van der Waals surface area contributed by atoms with Crippen molar-refractivity contribution in [2.75, 3.05) is 11.9 Å². The second-order valence-electron chi connectivity index (χ2n) is 4.50. The molecule has 20 heavy (non-hydrogen) atoms. The van der Waals surface area contributed by atoms with Crippen LogP contribution in [0.15, 0.2) is 30.3 Å². The maximum atomic E-state index is 10.7. The molecular formula is C13H17N5O2. The lowest BCUT2D eigenvalue weighted by Crippen LogP contribution is -2.19. The number of nitrogens with one attached hydrogen (secondary N) is 1. The first-order chi connectivity index (χ1) is 9.70. The van der Waals surface area contributed by atoms with Gasteiger partial charge in [-0.25, -0.2) is 0 Å². The summed E-state index contributed by atoms with van der Waals surface area (Å²) in [5.41, 5.74) is 0.853. The highest BCUT2D eigenvalue weighted by molar-refractivity contribution is 5.67. The largest absolute Gasteiger partial charge is 0.481 e. The van der Waals surface area contributed by atoms with Crippen molar-refractivity contribution in [3.63, 3.8) is 0 Å². The summed E-state index contributed by atoms with van der Waals surface area (Å²) in [6, 6.07) is 9.52. The number of tetrazole rings is 1. The van der Waals surface area contributed by atoms with Crippen LogP contribution in [0.5, 0.6) is 0 Å². The molecule has 0 spiro atoms. The van der Waals surface area contributed by atoms with E-state index in [2.05, 4.69) is 20.8 Å². The van der Waals surface area contributed by atoms with Crippen molar-refractivity contribution >= 4 is 11.9 Å².